The summed E-state index contributed by atoms with van der Waals surface area (Å²) in [7, 11) is 1.96. The summed E-state index contributed by atoms with van der Waals surface area (Å²) in [5.74, 6) is 0.980. The van der Waals surface area contributed by atoms with Crippen molar-refractivity contribution in [2.45, 2.75) is 87.1 Å². The van der Waals surface area contributed by atoms with Crippen LogP contribution < -0.4 is 0 Å². The molecule has 1 unspecified atom stereocenters. The average Bonchev–Trinajstić information content (AvgIpc) is 2.71. The Kier molecular flexibility index (Phi) is 13.9. The predicted molar refractivity (Wildman–Crippen MR) is 128 cm³/mol. The van der Waals surface area contributed by atoms with Crippen LogP contribution in [0.4, 0.5) is 0 Å². The second-order valence-corrected chi connectivity index (χ2v) is 8.74. The van der Waals surface area contributed by atoms with Crippen LogP contribution in [0.15, 0.2) is 30.3 Å². The van der Waals surface area contributed by atoms with Crippen LogP contribution in [0.5, 0.6) is 0 Å². The van der Waals surface area contributed by atoms with E-state index in [0.717, 1.165) is 31.1 Å². The molecule has 29 heavy (non-hydrogen) atoms. The van der Waals surface area contributed by atoms with Gasteiger partial charge in [-0.3, -0.25) is 4.79 Å². The number of piperidine rings is 1. The molecule has 0 N–H and O–H groups in total. The molecule has 0 aromatic heterocycles. The first-order valence-electron chi connectivity index (χ1n) is 11.8. The Morgan fingerprint density at radius 3 is 2.03 bits per heavy atom. The molecule has 1 saturated heterocycles. The van der Waals surface area contributed by atoms with Crippen molar-refractivity contribution in [2.24, 2.45) is 11.3 Å². The van der Waals surface area contributed by atoms with Crippen molar-refractivity contribution >= 4 is 5.91 Å². The third kappa shape index (κ3) is 10.3. The minimum atomic E-state index is 0.225. The quantitative estimate of drug-likeness (QED) is 0.534. The van der Waals surface area contributed by atoms with Crippen LogP contribution in [-0.2, 0) is 11.2 Å². The third-order valence-electron chi connectivity index (χ3n) is 5.68. The summed E-state index contributed by atoms with van der Waals surface area (Å²) in [4.78, 5) is 17.1. The Balaban J connectivity index is 0.00000184. The number of nitrogens with zero attached hydrogens (tertiary/aromatic N) is 2. The fraction of sp³-hybridized carbons (Fsp3) is 0.731. The zero-order chi connectivity index (χ0) is 22.4. The van der Waals surface area contributed by atoms with E-state index in [1.807, 2.05) is 70.0 Å². The van der Waals surface area contributed by atoms with Crippen molar-refractivity contribution in [3.05, 3.63) is 35.9 Å². The number of carbonyl (C=O) groups excluding carboxylic acids is 1. The Morgan fingerprint density at radius 1 is 1.03 bits per heavy atom. The highest BCUT2D eigenvalue weighted by molar-refractivity contribution is 5.78. The molecule has 3 heteroatoms. The molecule has 1 amide bonds. The van der Waals surface area contributed by atoms with Crippen LogP contribution in [0, 0.1) is 11.3 Å². The maximum atomic E-state index is 12.5. The van der Waals surface area contributed by atoms with Gasteiger partial charge in [0.15, 0.2) is 0 Å². The van der Waals surface area contributed by atoms with Crippen LogP contribution in [-0.4, -0.2) is 48.4 Å². The summed E-state index contributed by atoms with van der Waals surface area (Å²) >= 11 is 0. The average molecular weight is 405 g/mol. The number of hydrogen-bond acceptors (Lipinski definition) is 2. The number of benzene rings is 1. The van der Waals surface area contributed by atoms with Crippen molar-refractivity contribution in [3.63, 3.8) is 0 Å². The van der Waals surface area contributed by atoms with Gasteiger partial charge in [-0.25, -0.2) is 0 Å². The van der Waals surface area contributed by atoms with Gasteiger partial charge in [-0.2, -0.15) is 0 Å². The normalized spacial score (nSPS) is 16.8. The van der Waals surface area contributed by atoms with E-state index in [2.05, 4.69) is 32.6 Å². The molecule has 1 aromatic rings. The van der Waals surface area contributed by atoms with Gasteiger partial charge in [0.25, 0.3) is 0 Å². The fourth-order valence-corrected chi connectivity index (χ4v) is 4.06. The Morgan fingerprint density at radius 2 is 1.55 bits per heavy atom. The van der Waals surface area contributed by atoms with E-state index in [-0.39, 0.29) is 11.3 Å². The third-order valence-corrected chi connectivity index (χ3v) is 5.68. The molecule has 1 heterocycles. The van der Waals surface area contributed by atoms with Crippen molar-refractivity contribution in [3.8, 4) is 0 Å². The molecular weight excluding hydrogens is 356 g/mol. The SMILES string of the molecule is CC.CC.CC(C)CC(C)N1CCC(C)(CN(C)C(=O)Cc2ccccc2)CC1. The maximum Gasteiger partial charge on any atom is 0.226 e. The van der Waals surface area contributed by atoms with E-state index in [1.165, 1.54) is 19.3 Å². The standard InChI is InChI=1S/C22H36N2O.2C2H6/c1-18(2)15-19(3)24-13-11-22(4,12-14-24)17-23(5)21(25)16-20-9-7-6-8-10-20;2*1-2/h6-10,18-19H,11-17H2,1-5H3;2*1-2H3. The van der Waals surface area contributed by atoms with Crippen molar-refractivity contribution in [2.75, 3.05) is 26.7 Å². The lowest BCUT2D eigenvalue weighted by Crippen LogP contribution is -2.48. The number of amides is 1. The largest absolute Gasteiger partial charge is 0.345 e. The van der Waals surface area contributed by atoms with Crippen LogP contribution >= 0.6 is 0 Å². The molecule has 0 spiro atoms. The van der Waals surface area contributed by atoms with E-state index in [1.54, 1.807) is 0 Å². The van der Waals surface area contributed by atoms with E-state index >= 15 is 0 Å². The van der Waals surface area contributed by atoms with Gasteiger partial charge in [-0.15, -0.1) is 0 Å². The number of likely N-dealkylation sites (N-methyl/N-ethyl adjacent to an activating group) is 1. The predicted octanol–water partition coefficient (Wildman–Crippen LogP) is 6.28. The number of rotatable bonds is 7. The summed E-state index contributed by atoms with van der Waals surface area (Å²) in [6.45, 7) is 20.5. The summed E-state index contributed by atoms with van der Waals surface area (Å²) in [5.41, 5.74) is 1.34. The highest BCUT2D eigenvalue weighted by Crippen LogP contribution is 2.33. The minimum Gasteiger partial charge on any atom is -0.345 e. The summed E-state index contributed by atoms with van der Waals surface area (Å²) in [5, 5.41) is 0. The van der Waals surface area contributed by atoms with Crippen molar-refractivity contribution < 1.29 is 4.79 Å². The van der Waals surface area contributed by atoms with E-state index < -0.39 is 0 Å². The van der Waals surface area contributed by atoms with Crippen LogP contribution in [0.25, 0.3) is 0 Å². The van der Waals surface area contributed by atoms with Gasteiger partial charge >= 0.3 is 0 Å². The van der Waals surface area contributed by atoms with Crippen LogP contribution in [0.1, 0.15) is 80.2 Å². The summed E-state index contributed by atoms with van der Waals surface area (Å²) < 4.78 is 0. The molecule has 3 nitrogen and oxygen atoms in total. The lowest BCUT2D eigenvalue weighted by molar-refractivity contribution is -0.131. The molecule has 1 atom stereocenters. The first-order chi connectivity index (χ1) is 13.8. The van der Waals surface area contributed by atoms with Crippen LogP contribution in [0.3, 0.4) is 0 Å². The molecule has 0 bridgehead atoms. The van der Waals surface area contributed by atoms with Gasteiger partial charge in [-0.05, 0) is 56.2 Å². The van der Waals surface area contributed by atoms with Crippen molar-refractivity contribution in [1.82, 2.24) is 9.80 Å². The van der Waals surface area contributed by atoms with Crippen molar-refractivity contribution in [1.29, 1.82) is 0 Å². The minimum absolute atomic E-state index is 0.225. The Hall–Kier alpha value is -1.35. The molecular formula is C26H48N2O. The Bertz CT molecular complexity index is 533. The summed E-state index contributed by atoms with van der Waals surface area (Å²) in [6.07, 6.45) is 4.13. The summed E-state index contributed by atoms with van der Waals surface area (Å²) in [6, 6.07) is 10.7. The Labute approximate surface area is 181 Å². The smallest absolute Gasteiger partial charge is 0.226 e. The zero-order valence-electron chi connectivity index (χ0n) is 20.8. The molecule has 0 aliphatic carbocycles. The highest BCUT2D eigenvalue weighted by Gasteiger charge is 2.33. The van der Waals surface area contributed by atoms with Crippen LogP contribution in [0.2, 0.25) is 0 Å². The molecule has 168 valence electrons. The number of carbonyl (C=O) groups is 1. The number of likely N-dealkylation sites (tertiary alicyclic amines) is 1. The fourth-order valence-electron chi connectivity index (χ4n) is 4.06. The van der Waals surface area contributed by atoms with Gasteiger partial charge in [0.05, 0.1) is 6.42 Å². The van der Waals surface area contributed by atoms with Gasteiger partial charge < -0.3 is 9.80 Å². The molecule has 1 fully saturated rings. The molecule has 0 saturated carbocycles. The van der Waals surface area contributed by atoms with E-state index in [9.17, 15) is 4.79 Å². The second kappa shape index (κ2) is 14.6. The van der Waals surface area contributed by atoms with Gasteiger partial charge in [-0.1, -0.05) is 78.8 Å². The van der Waals surface area contributed by atoms with Gasteiger partial charge in [0.1, 0.15) is 0 Å². The number of hydrogen-bond donors (Lipinski definition) is 0. The lowest BCUT2D eigenvalue weighted by Gasteiger charge is -2.43. The molecule has 2 rings (SSSR count). The highest BCUT2D eigenvalue weighted by atomic mass is 16.2. The van der Waals surface area contributed by atoms with Gasteiger partial charge in [0, 0.05) is 19.6 Å². The molecule has 1 aromatic carbocycles. The lowest BCUT2D eigenvalue weighted by atomic mass is 9.79. The second-order valence-electron chi connectivity index (χ2n) is 8.74. The monoisotopic (exact) mass is 404 g/mol. The molecule has 1 aliphatic rings. The topological polar surface area (TPSA) is 23.6 Å². The first-order valence-corrected chi connectivity index (χ1v) is 11.8. The first kappa shape index (κ1) is 27.6. The molecule has 0 radical (unpaired) electrons. The zero-order valence-corrected chi connectivity index (χ0v) is 20.8. The van der Waals surface area contributed by atoms with Gasteiger partial charge in [0.2, 0.25) is 5.91 Å². The molecule has 1 aliphatic heterocycles. The maximum absolute atomic E-state index is 12.5. The van der Waals surface area contributed by atoms with E-state index in [0.29, 0.717) is 12.5 Å². The van der Waals surface area contributed by atoms with E-state index in [4.69, 9.17) is 0 Å².